The second kappa shape index (κ2) is 10.6. The normalized spacial score (nSPS) is 14.3. The van der Waals surface area contributed by atoms with E-state index < -0.39 is 0 Å². The van der Waals surface area contributed by atoms with Crippen LogP contribution in [0.1, 0.15) is 42.4 Å². The van der Waals surface area contributed by atoms with Gasteiger partial charge < -0.3 is 15.0 Å². The fraction of sp³-hybridized carbons (Fsp3) is 0.500. The Labute approximate surface area is 177 Å². The van der Waals surface area contributed by atoms with Gasteiger partial charge in [0.1, 0.15) is 5.82 Å². The van der Waals surface area contributed by atoms with E-state index in [2.05, 4.69) is 42.0 Å². The van der Waals surface area contributed by atoms with Gasteiger partial charge in [0, 0.05) is 42.7 Å². The first-order valence-corrected chi connectivity index (χ1v) is 11.2. The standard InChI is InChI=1S/C22H30N4O2S/c1-4-19-13-20(26-9-11-28-12-10-26)25-22(24-19)29-15-17-5-7-18(8-6-17)21(27)23-14-16(2)3/h5-8,13,16H,4,9-12,14-15H2,1-3H3,(H,23,27). The van der Waals surface area contributed by atoms with Gasteiger partial charge in [-0.25, -0.2) is 9.97 Å². The van der Waals surface area contributed by atoms with Crippen molar-refractivity contribution in [2.45, 2.75) is 38.1 Å². The van der Waals surface area contributed by atoms with Crippen LogP contribution in [0.2, 0.25) is 0 Å². The summed E-state index contributed by atoms with van der Waals surface area (Å²) in [5.41, 5.74) is 2.90. The van der Waals surface area contributed by atoms with Crippen LogP contribution in [0.15, 0.2) is 35.5 Å². The van der Waals surface area contributed by atoms with Crippen molar-refractivity contribution in [2.75, 3.05) is 37.7 Å². The summed E-state index contributed by atoms with van der Waals surface area (Å²) in [6.07, 6.45) is 0.883. The molecule has 0 bridgehead atoms. The van der Waals surface area contributed by atoms with Crippen LogP contribution in [0.3, 0.4) is 0 Å². The lowest BCUT2D eigenvalue weighted by Gasteiger charge is -2.28. The number of aromatic nitrogens is 2. The molecule has 0 unspecified atom stereocenters. The fourth-order valence-corrected chi connectivity index (χ4v) is 3.79. The molecule has 0 aliphatic carbocycles. The molecule has 0 saturated carbocycles. The van der Waals surface area contributed by atoms with Crippen molar-refractivity contribution in [2.24, 2.45) is 5.92 Å². The summed E-state index contributed by atoms with van der Waals surface area (Å²) in [6.45, 7) is 10.2. The molecule has 29 heavy (non-hydrogen) atoms. The Bertz CT molecular complexity index is 805. The maximum Gasteiger partial charge on any atom is 0.251 e. The lowest BCUT2D eigenvalue weighted by molar-refractivity contribution is 0.0949. The molecule has 7 heteroatoms. The van der Waals surface area contributed by atoms with Gasteiger partial charge >= 0.3 is 0 Å². The minimum absolute atomic E-state index is 0.0213. The highest BCUT2D eigenvalue weighted by Gasteiger charge is 2.15. The number of ether oxygens (including phenoxy) is 1. The zero-order chi connectivity index (χ0) is 20.6. The maximum absolute atomic E-state index is 12.1. The Hall–Kier alpha value is -2.12. The van der Waals surface area contributed by atoms with Crippen LogP contribution in [-0.4, -0.2) is 48.7 Å². The smallest absolute Gasteiger partial charge is 0.251 e. The van der Waals surface area contributed by atoms with Gasteiger partial charge in [-0.05, 0) is 30.0 Å². The predicted molar refractivity (Wildman–Crippen MR) is 118 cm³/mol. The maximum atomic E-state index is 12.1. The number of carbonyl (C=O) groups excluding carboxylic acids is 1. The number of hydrogen-bond acceptors (Lipinski definition) is 6. The SMILES string of the molecule is CCc1cc(N2CCOCC2)nc(SCc2ccc(C(=O)NCC(C)C)cc2)n1. The second-order valence-corrected chi connectivity index (χ2v) is 8.48. The lowest BCUT2D eigenvalue weighted by Crippen LogP contribution is -2.37. The van der Waals surface area contributed by atoms with Crippen molar-refractivity contribution in [1.29, 1.82) is 0 Å². The molecule has 1 aromatic heterocycles. The fourth-order valence-electron chi connectivity index (χ4n) is 2.96. The topological polar surface area (TPSA) is 67.3 Å². The van der Waals surface area contributed by atoms with E-state index in [1.807, 2.05) is 24.3 Å². The molecule has 0 radical (unpaired) electrons. The Kier molecular flexibility index (Phi) is 7.89. The summed E-state index contributed by atoms with van der Waals surface area (Å²) < 4.78 is 5.45. The average Bonchev–Trinajstić information content (AvgIpc) is 2.76. The monoisotopic (exact) mass is 414 g/mol. The Morgan fingerprint density at radius 2 is 1.93 bits per heavy atom. The zero-order valence-corrected chi connectivity index (χ0v) is 18.3. The summed E-state index contributed by atoms with van der Waals surface area (Å²) in [5.74, 6) is 2.17. The number of nitrogens with one attached hydrogen (secondary N) is 1. The van der Waals surface area contributed by atoms with Crippen molar-refractivity contribution in [1.82, 2.24) is 15.3 Å². The molecule has 1 aliphatic rings. The summed E-state index contributed by atoms with van der Waals surface area (Å²) in [5, 5.41) is 3.74. The molecular weight excluding hydrogens is 384 g/mol. The predicted octanol–water partition coefficient (Wildman–Crippen LogP) is 3.55. The first-order valence-electron chi connectivity index (χ1n) is 10.3. The number of aryl methyl sites for hydroxylation is 1. The largest absolute Gasteiger partial charge is 0.378 e. The number of rotatable bonds is 8. The Morgan fingerprint density at radius 3 is 2.59 bits per heavy atom. The number of amides is 1. The van der Waals surface area contributed by atoms with E-state index in [1.165, 1.54) is 0 Å². The van der Waals surface area contributed by atoms with Crippen LogP contribution in [0.5, 0.6) is 0 Å². The second-order valence-electron chi connectivity index (χ2n) is 7.54. The minimum atomic E-state index is -0.0213. The summed E-state index contributed by atoms with van der Waals surface area (Å²) in [4.78, 5) is 23.9. The number of morpholine rings is 1. The number of anilines is 1. The van der Waals surface area contributed by atoms with Gasteiger partial charge in [-0.1, -0.05) is 44.7 Å². The van der Waals surface area contributed by atoms with Crippen molar-refractivity contribution >= 4 is 23.5 Å². The third-order valence-corrected chi connectivity index (χ3v) is 5.62. The molecular formula is C22H30N4O2S. The van der Waals surface area contributed by atoms with E-state index in [9.17, 15) is 4.79 Å². The Morgan fingerprint density at radius 1 is 1.21 bits per heavy atom. The molecule has 1 N–H and O–H groups in total. The number of benzene rings is 1. The molecule has 0 atom stereocenters. The summed E-state index contributed by atoms with van der Waals surface area (Å²) in [7, 11) is 0. The highest BCUT2D eigenvalue weighted by atomic mass is 32.2. The van der Waals surface area contributed by atoms with Crippen LogP contribution in [0.25, 0.3) is 0 Å². The number of carbonyl (C=O) groups is 1. The van der Waals surface area contributed by atoms with E-state index >= 15 is 0 Å². The minimum Gasteiger partial charge on any atom is -0.378 e. The first kappa shape index (κ1) is 21.6. The van der Waals surface area contributed by atoms with Gasteiger partial charge in [-0.3, -0.25) is 4.79 Å². The van der Waals surface area contributed by atoms with E-state index in [-0.39, 0.29) is 5.91 Å². The quantitative estimate of drug-likeness (QED) is 0.526. The molecule has 1 fully saturated rings. The molecule has 1 aromatic carbocycles. The number of thioether (sulfide) groups is 1. The average molecular weight is 415 g/mol. The van der Waals surface area contributed by atoms with Crippen molar-refractivity contribution in [3.63, 3.8) is 0 Å². The number of nitrogens with zero attached hydrogens (tertiary/aromatic N) is 3. The molecule has 1 aliphatic heterocycles. The highest BCUT2D eigenvalue weighted by molar-refractivity contribution is 7.98. The molecule has 1 amide bonds. The molecule has 1 saturated heterocycles. The van der Waals surface area contributed by atoms with Crippen molar-refractivity contribution in [3.8, 4) is 0 Å². The molecule has 3 rings (SSSR count). The third kappa shape index (κ3) is 6.44. The van der Waals surface area contributed by atoms with Crippen LogP contribution >= 0.6 is 11.8 Å². The summed E-state index contributed by atoms with van der Waals surface area (Å²) >= 11 is 1.63. The van der Waals surface area contributed by atoms with Gasteiger partial charge in [0.25, 0.3) is 5.91 Å². The lowest BCUT2D eigenvalue weighted by atomic mass is 10.1. The zero-order valence-electron chi connectivity index (χ0n) is 17.5. The van der Waals surface area contributed by atoms with Gasteiger partial charge in [-0.15, -0.1) is 0 Å². The van der Waals surface area contributed by atoms with Crippen molar-refractivity contribution < 1.29 is 9.53 Å². The van der Waals surface area contributed by atoms with Crippen LogP contribution in [-0.2, 0) is 16.9 Å². The van der Waals surface area contributed by atoms with Gasteiger partial charge in [0.15, 0.2) is 5.16 Å². The summed E-state index contributed by atoms with van der Waals surface area (Å²) in [6, 6.07) is 9.86. The van der Waals surface area contributed by atoms with Gasteiger partial charge in [0.05, 0.1) is 13.2 Å². The van der Waals surface area contributed by atoms with Crippen LogP contribution < -0.4 is 10.2 Å². The van der Waals surface area contributed by atoms with Crippen LogP contribution in [0.4, 0.5) is 5.82 Å². The van der Waals surface area contributed by atoms with E-state index in [4.69, 9.17) is 9.72 Å². The molecule has 2 heterocycles. The Balaban J connectivity index is 1.62. The molecule has 2 aromatic rings. The van der Waals surface area contributed by atoms with E-state index in [1.54, 1.807) is 11.8 Å². The third-order valence-electron chi connectivity index (χ3n) is 4.70. The van der Waals surface area contributed by atoms with Gasteiger partial charge in [-0.2, -0.15) is 0 Å². The first-order chi connectivity index (χ1) is 14.0. The van der Waals surface area contributed by atoms with Crippen molar-refractivity contribution in [3.05, 3.63) is 47.2 Å². The molecule has 6 nitrogen and oxygen atoms in total. The number of hydrogen-bond donors (Lipinski definition) is 1. The molecule has 0 spiro atoms. The van der Waals surface area contributed by atoms with Gasteiger partial charge in [0.2, 0.25) is 0 Å². The van der Waals surface area contributed by atoms with Crippen LogP contribution in [0, 0.1) is 5.92 Å². The van der Waals surface area contributed by atoms with E-state index in [0.717, 1.165) is 60.7 Å². The highest BCUT2D eigenvalue weighted by Crippen LogP contribution is 2.24. The molecule has 156 valence electrons. The van der Waals surface area contributed by atoms with E-state index in [0.29, 0.717) is 18.0 Å².